The van der Waals surface area contributed by atoms with Crippen molar-refractivity contribution in [2.75, 3.05) is 11.9 Å². The second-order valence-electron chi connectivity index (χ2n) is 5.70. The quantitative estimate of drug-likeness (QED) is 0.710. The van der Waals surface area contributed by atoms with Crippen molar-refractivity contribution in [3.8, 4) is 0 Å². The van der Waals surface area contributed by atoms with Gasteiger partial charge in [-0.15, -0.1) is 0 Å². The Kier molecular flexibility index (Phi) is 5.26. The van der Waals surface area contributed by atoms with Crippen LogP contribution in [0.5, 0.6) is 0 Å². The molecule has 0 saturated carbocycles. The number of hydrogen-bond acceptors (Lipinski definition) is 5. The van der Waals surface area contributed by atoms with Crippen molar-refractivity contribution < 1.29 is 19.2 Å². The van der Waals surface area contributed by atoms with E-state index < -0.39 is 17.9 Å². The average Bonchev–Trinajstić information content (AvgIpc) is 2.73. The van der Waals surface area contributed by atoms with Crippen LogP contribution in [0.2, 0.25) is 0 Å². The highest BCUT2D eigenvalue weighted by molar-refractivity contribution is 6.39. The fraction of sp³-hybridized carbons (Fsp3) is 0.615. The summed E-state index contributed by atoms with van der Waals surface area (Å²) in [6, 6.07) is 1.51. The average molecular weight is 283 g/mol. The van der Waals surface area contributed by atoms with Crippen molar-refractivity contribution in [1.29, 1.82) is 0 Å². The fourth-order valence-corrected chi connectivity index (χ4v) is 1.43. The number of carbonyl (C=O) groups is 2. The highest BCUT2D eigenvalue weighted by Gasteiger charge is 2.22. The summed E-state index contributed by atoms with van der Waals surface area (Å²) in [7, 11) is 0. The summed E-state index contributed by atoms with van der Waals surface area (Å²) >= 11 is 0. The smallest absolute Gasteiger partial charge is 0.314 e. The third kappa shape index (κ3) is 5.00. The molecule has 7 nitrogen and oxygen atoms in total. The maximum atomic E-state index is 11.5. The van der Waals surface area contributed by atoms with Gasteiger partial charge in [-0.2, -0.15) is 0 Å². The molecule has 0 radical (unpaired) electrons. The Morgan fingerprint density at radius 2 is 2.05 bits per heavy atom. The first-order chi connectivity index (χ1) is 9.20. The molecular weight excluding hydrogens is 262 g/mol. The minimum atomic E-state index is -0.816. The molecule has 112 valence electrons. The molecule has 0 aliphatic carbocycles. The Bertz CT molecular complexity index is 476. The molecule has 1 rings (SSSR count). The lowest BCUT2D eigenvalue weighted by Gasteiger charge is -2.25. The molecule has 1 aromatic heterocycles. The van der Waals surface area contributed by atoms with Gasteiger partial charge in [-0.25, -0.2) is 0 Å². The number of aliphatic hydroxyl groups is 1. The van der Waals surface area contributed by atoms with E-state index in [2.05, 4.69) is 15.8 Å². The van der Waals surface area contributed by atoms with Crippen molar-refractivity contribution >= 4 is 17.6 Å². The van der Waals surface area contributed by atoms with Crippen LogP contribution in [0.3, 0.4) is 0 Å². The van der Waals surface area contributed by atoms with Gasteiger partial charge in [-0.1, -0.05) is 25.9 Å². The lowest BCUT2D eigenvalue weighted by molar-refractivity contribution is -0.136. The second kappa shape index (κ2) is 6.51. The predicted octanol–water partition coefficient (Wildman–Crippen LogP) is 0.835. The zero-order valence-corrected chi connectivity index (χ0v) is 12.2. The number of amides is 2. The van der Waals surface area contributed by atoms with Crippen LogP contribution in [-0.2, 0) is 9.59 Å². The fourth-order valence-electron chi connectivity index (χ4n) is 1.43. The molecule has 0 aliphatic rings. The Morgan fingerprint density at radius 3 is 2.55 bits per heavy atom. The van der Waals surface area contributed by atoms with E-state index in [4.69, 9.17) is 4.52 Å². The summed E-state index contributed by atoms with van der Waals surface area (Å²) in [4.78, 5) is 23.0. The second-order valence-corrected chi connectivity index (χ2v) is 5.70. The van der Waals surface area contributed by atoms with E-state index in [1.165, 1.54) is 6.07 Å². The molecular formula is C13H21N3O4. The number of nitrogens with one attached hydrogen (secondary N) is 2. The molecule has 0 bridgehead atoms. The van der Waals surface area contributed by atoms with Gasteiger partial charge < -0.3 is 14.9 Å². The Morgan fingerprint density at radius 1 is 1.40 bits per heavy atom. The highest BCUT2D eigenvalue weighted by Crippen LogP contribution is 2.20. The van der Waals surface area contributed by atoms with Gasteiger partial charge in [0.15, 0.2) is 5.82 Å². The monoisotopic (exact) mass is 283 g/mol. The van der Waals surface area contributed by atoms with E-state index >= 15 is 0 Å². The number of aromatic nitrogens is 1. The summed E-state index contributed by atoms with van der Waals surface area (Å²) < 4.78 is 4.77. The summed E-state index contributed by atoms with van der Waals surface area (Å²) in [6.45, 7) is 7.61. The van der Waals surface area contributed by atoms with Gasteiger partial charge in [0.05, 0.1) is 6.10 Å². The van der Waals surface area contributed by atoms with E-state index in [1.807, 2.05) is 20.8 Å². The number of aliphatic hydroxyl groups excluding tert-OH is 1. The Hall–Kier alpha value is -1.89. The molecule has 7 heteroatoms. The van der Waals surface area contributed by atoms with Crippen LogP contribution < -0.4 is 10.6 Å². The molecule has 20 heavy (non-hydrogen) atoms. The predicted molar refractivity (Wildman–Crippen MR) is 73.0 cm³/mol. The minimum absolute atomic E-state index is 0.192. The number of rotatable bonds is 4. The van der Waals surface area contributed by atoms with E-state index in [0.717, 1.165) is 0 Å². The van der Waals surface area contributed by atoms with Gasteiger partial charge in [-0.3, -0.25) is 14.9 Å². The number of carbonyl (C=O) groups excluding carboxylic acids is 2. The van der Waals surface area contributed by atoms with Crippen LogP contribution in [0, 0.1) is 12.3 Å². The van der Waals surface area contributed by atoms with Gasteiger partial charge in [-0.05, 0) is 18.8 Å². The van der Waals surface area contributed by atoms with Crippen LogP contribution in [0.15, 0.2) is 10.6 Å². The molecule has 3 N–H and O–H groups in total. The summed E-state index contributed by atoms with van der Waals surface area (Å²) in [5, 5.41) is 18.1. The Labute approximate surface area is 117 Å². The molecule has 1 aromatic rings. The number of hydrogen-bond donors (Lipinski definition) is 3. The molecule has 1 atom stereocenters. The third-order valence-electron chi connectivity index (χ3n) is 2.78. The maximum Gasteiger partial charge on any atom is 0.314 e. The molecule has 0 aliphatic heterocycles. The van der Waals surface area contributed by atoms with Gasteiger partial charge in [0.25, 0.3) is 0 Å². The molecule has 1 unspecified atom stereocenters. The van der Waals surface area contributed by atoms with Crippen molar-refractivity contribution in [2.45, 2.75) is 40.2 Å². The lowest BCUT2D eigenvalue weighted by atomic mass is 9.87. The largest absolute Gasteiger partial charge is 0.393 e. The first-order valence-corrected chi connectivity index (χ1v) is 6.40. The zero-order valence-electron chi connectivity index (χ0n) is 12.2. The SMILES string of the molecule is Cc1cc(NC(=O)C(=O)NCCC(O)C(C)(C)C)no1. The normalized spacial score (nSPS) is 12.8. The lowest BCUT2D eigenvalue weighted by Crippen LogP contribution is -2.38. The topological polar surface area (TPSA) is 104 Å². The van der Waals surface area contributed by atoms with Crippen molar-refractivity contribution in [3.63, 3.8) is 0 Å². The van der Waals surface area contributed by atoms with Crippen LogP contribution >= 0.6 is 0 Å². The standard InChI is InChI=1S/C13H21N3O4/c1-8-7-10(16-20-8)15-12(19)11(18)14-6-5-9(17)13(2,3)4/h7,9,17H,5-6H2,1-4H3,(H,14,18)(H,15,16,19). The van der Waals surface area contributed by atoms with Crippen molar-refractivity contribution in [2.24, 2.45) is 5.41 Å². The Balaban J connectivity index is 2.34. The molecule has 0 spiro atoms. The van der Waals surface area contributed by atoms with Gasteiger partial charge in [0.2, 0.25) is 0 Å². The van der Waals surface area contributed by atoms with Gasteiger partial charge >= 0.3 is 11.8 Å². The number of aryl methyl sites for hydroxylation is 1. The van der Waals surface area contributed by atoms with E-state index in [-0.39, 0.29) is 17.8 Å². The number of nitrogens with zero attached hydrogens (tertiary/aromatic N) is 1. The summed E-state index contributed by atoms with van der Waals surface area (Å²) in [5.74, 6) is -0.860. The van der Waals surface area contributed by atoms with E-state index in [1.54, 1.807) is 6.92 Å². The maximum absolute atomic E-state index is 11.5. The highest BCUT2D eigenvalue weighted by atomic mass is 16.5. The molecule has 0 fully saturated rings. The van der Waals surface area contributed by atoms with Crippen LogP contribution in [0.4, 0.5) is 5.82 Å². The first-order valence-electron chi connectivity index (χ1n) is 6.40. The number of anilines is 1. The zero-order chi connectivity index (χ0) is 15.3. The van der Waals surface area contributed by atoms with E-state index in [0.29, 0.717) is 12.2 Å². The molecule has 0 aromatic carbocycles. The van der Waals surface area contributed by atoms with Crippen LogP contribution in [-0.4, -0.2) is 34.7 Å². The van der Waals surface area contributed by atoms with E-state index in [9.17, 15) is 14.7 Å². The van der Waals surface area contributed by atoms with Crippen LogP contribution in [0.1, 0.15) is 33.0 Å². The third-order valence-corrected chi connectivity index (χ3v) is 2.78. The van der Waals surface area contributed by atoms with Gasteiger partial charge in [0, 0.05) is 12.6 Å². The first kappa shape index (κ1) is 16.2. The minimum Gasteiger partial charge on any atom is -0.393 e. The van der Waals surface area contributed by atoms with Gasteiger partial charge in [0.1, 0.15) is 5.76 Å². The summed E-state index contributed by atoms with van der Waals surface area (Å²) in [5.41, 5.74) is -0.259. The molecule has 1 heterocycles. The van der Waals surface area contributed by atoms with Crippen molar-refractivity contribution in [3.05, 3.63) is 11.8 Å². The van der Waals surface area contributed by atoms with Crippen LogP contribution in [0.25, 0.3) is 0 Å². The van der Waals surface area contributed by atoms with Crippen molar-refractivity contribution in [1.82, 2.24) is 10.5 Å². The molecule has 2 amide bonds. The molecule has 0 saturated heterocycles. The summed E-state index contributed by atoms with van der Waals surface area (Å²) in [6.07, 6.45) is -0.171.